The van der Waals surface area contributed by atoms with Gasteiger partial charge in [-0.05, 0) is 24.7 Å². The van der Waals surface area contributed by atoms with Gasteiger partial charge in [-0.3, -0.25) is 0 Å². The summed E-state index contributed by atoms with van der Waals surface area (Å²) in [6, 6.07) is 0.229. The van der Waals surface area contributed by atoms with Crippen molar-refractivity contribution >= 4 is 0 Å². The first kappa shape index (κ1) is 10.0. The summed E-state index contributed by atoms with van der Waals surface area (Å²) in [5, 5.41) is 0. The van der Waals surface area contributed by atoms with Crippen LogP contribution >= 0.6 is 0 Å². The van der Waals surface area contributed by atoms with Crippen molar-refractivity contribution in [2.24, 2.45) is 17.6 Å². The Kier molecular flexibility index (Phi) is 3.53. The Hall–Kier alpha value is -0.0800. The standard InChI is InChI=1S/C10H21NO/c1-4-7(2)9(11)10(12-3)8-5-6-8/h7-10H,4-6,11H2,1-3H3. The number of nitrogens with two attached hydrogens (primary N) is 1. The van der Waals surface area contributed by atoms with Gasteiger partial charge in [-0.1, -0.05) is 20.3 Å². The van der Waals surface area contributed by atoms with Crippen LogP contribution in [0.25, 0.3) is 0 Å². The van der Waals surface area contributed by atoms with Crippen molar-refractivity contribution in [2.75, 3.05) is 7.11 Å². The van der Waals surface area contributed by atoms with Gasteiger partial charge < -0.3 is 10.5 Å². The van der Waals surface area contributed by atoms with Crippen molar-refractivity contribution in [1.29, 1.82) is 0 Å². The summed E-state index contributed by atoms with van der Waals surface area (Å²) in [5.74, 6) is 1.33. The summed E-state index contributed by atoms with van der Waals surface area (Å²) in [6.07, 6.45) is 4.07. The first-order valence-electron chi connectivity index (χ1n) is 4.99. The lowest BCUT2D eigenvalue weighted by molar-refractivity contribution is 0.0467. The minimum atomic E-state index is 0.229. The van der Waals surface area contributed by atoms with Crippen LogP contribution in [0.2, 0.25) is 0 Å². The fourth-order valence-electron chi connectivity index (χ4n) is 1.68. The fraction of sp³-hybridized carbons (Fsp3) is 1.00. The summed E-state index contributed by atoms with van der Waals surface area (Å²) >= 11 is 0. The van der Waals surface area contributed by atoms with E-state index in [0.29, 0.717) is 12.0 Å². The van der Waals surface area contributed by atoms with Gasteiger partial charge in [0, 0.05) is 13.2 Å². The Balaban J connectivity index is 2.40. The normalized spacial score (nSPS) is 25.0. The molecule has 72 valence electrons. The molecule has 1 rings (SSSR count). The lowest BCUT2D eigenvalue weighted by atomic mass is 9.93. The van der Waals surface area contributed by atoms with Crippen molar-refractivity contribution < 1.29 is 4.74 Å². The van der Waals surface area contributed by atoms with Gasteiger partial charge >= 0.3 is 0 Å². The Morgan fingerprint density at radius 2 is 2.08 bits per heavy atom. The van der Waals surface area contributed by atoms with Gasteiger partial charge in [0.1, 0.15) is 0 Å². The van der Waals surface area contributed by atoms with Gasteiger partial charge in [-0.15, -0.1) is 0 Å². The SMILES string of the molecule is CCC(C)C(N)C(OC)C1CC1. The predicted octanol–water partition coefficient (Wildman–Crippen LogP) is 1.78. The number of methoxy groups -OCH3 is 1. The molecule has 0 amide bonds. The van der Waals surface area contributed by atoms with Gasteiger partial charge in [-0.2, -0.15) is 0 Å². The molecule has 0 bridgehead atoms. The monoisotopic (exact) mass is 171 g/mol. The van der Waals surface area contributed by atoms with Crippen LogP contribution in [0.5, 0.6) is 0 Å². The maximum atomic E-state index is 6.10. The number of ether oxygens (including phenoxy) is 1. The Labute approximate surface area is 75.5 Å². The fourth-order valence-corrected chi connectivity index (χ4v) is 1.68. The third-order valence-electron chi connectivity index (χ3n) is 3.04. The zero-order valence-electron chi connectivity index (χ0n) is 8.42. The predicted molar refractivity (Wildman–Crippen MR) is 51.0 cm³/mol. The molecule has 12 heavy (non-hydrogen) atoms. The number of hydrogen-bond donors (Lipinski definition) is 1. The molecule has 1 aliphatic carbocycles. The van der Waals surface area contributed by atoms with E-state index in [1.165, 1.54) is 12.8 Å². The maximum Gasteiger partial charge on any atom is 0.0752 e. The topological polar surface area (TPSA) is 35.2 Å². The minimum Gasteiger partial charge on any atom is -0.380 e. The lowest BCUT2D eigenvalue weighted by Gasteiger charge is -2.26. The van der Waals surface area contributed by atoms with E-state index in [4.69, 9.17) is 10.5 Å². The molecular weight excluding hydrogens is 150 g/mol. The second kappa shape index (κ2) is 4.24. The molecule has 0 aromatic rings. The highest BCUT2D eigenvalue weighted by Crippen LogP contribution is 2.36. The molecule has 1 aliphatic rings. The molecule has 0 aromatic carbocycles. The zero-order valence-corrected chi connectivity index (χ0v) is 8.42. The van der Waals surface area contributed by atoms with E-state index < -0.39 is 0 Å². The molecule has 0 aliphatic heterocycles. The van der Waals surface area contributed by atoms with Crippen LogP contribution < -0.4 is 5.73 Å². The highest BCUT2D eigenvalue weighted by molar-refractivity contribution is 4.90. The molecule has 2 N–H and O–H groups in total. The third kappa shape index (κ3) is 2.20. The number of hydrogen-bond acceptors (Lipinski definition) is 2. The van der Waals surface area contributed by atoms with Gasteiger partial charge in [0.25, 0.3) is 0 Å². The minimum absolute atomic E-state index is 0.229. The van der Waals surface area contributed by atoms with E-state index in [1.807, 2.05) is 0 Å². The smallest absolute Gasteiger partial charge is 0.0752 e. The van der Waals surface area contributed by atoms with Crippen LogP contribution in [-0.2, 0) is 4.74 Å². The van der Waals surface area contributed by atoms with Crippen LogP contribution in [0.3, 0.4) is 0 Å². The molecule has 3 unspecified atom stereocenters. The van der Waals surface area contributed by atoms with Gasteiger partial charge in [0.2, 0.25) is 0 Å². The largest absolute Gasteiger partial charge is 0.380 e. The average molecular weight is 171 g/mol. The summed E-state index contributed by atoms with van der Waals surface area (Å²) < 4.78 is 5.43. The van der Waals surface area contributed by atoms with E-state index in [1.54, 1.807) is 7.11 Å². The Morgan fingerprint density at radius 1 is 1.50 bits per heavy atom. The van der Waals surface area contributed by atoms with Crippen molar-refractivity contribution in [1.82, 2.24) is 0 Å². The van der Waals surface area contributed by atoms with Crippen LogP contribution in [0.1, 0.15) is 33.1 Å². The molecule has 3 atom stereocenters. The number of rotatable bonds is 5. The second-order valence-electron chi connectivity index (χ2n) is 4.00. The van der Waals surface area contributed by atoms with Gasteiger partial charge in [0.05, 0.1) is 6.10 Å². The summed E-state index contributed by atoms with van der Waals surface area (Å²) in [4.78, 5) is 0. The Bertz CT molecular complexity index is 134. The maximum absolute atomic E-state index is 6.10. The van der Waals surface area contributed by atoms with Crippen LogP contribution in [0, 0.1) is 11.8 Å². The molecule has 0 heterocycles. The molecule has 2 nitrogen and oxygen atoms in total. The van der Waals surface area contributed by atoms with Crippen LogP contribution in [0.4, 0.5) is 0 Å². The Morgan fingerprint density at radius 3 is 2.42 bits per heavy atom. The molecule has 1 saturated carbocycles. The second-order valence-corrected chi connectivity index (χ2v) is 4.00. The van der Waals surface area contributed by atoms with E-state index >= 15 is 0 Å². The van der Waals surface area contributed by atoms with Crippen molar-refractivity contribution in [3.63, 3.8) is 0 Å². The zero-order chi connectivity index (χ0) is 9.14. The molecule has 1 fully saturated rings. The highest BCUT2D eigenvalue weighted by atomic mass is 16.5. The summed E-state index contributed by atoms with van der Waals surface area (Å²) in [7, 11) is 1.78. The van der Waals surface area contributed by atoms with Crippen molar-refractivity contribution in [3.05, 3.63) is 0 Å². The first-order chi connectivity index (χ1) is 5.70. The lowest BCUT2D eigenvalue weighted by Crippen LogP contribution is -2.42. The first-order valence-corrected chi connectivity index (χ1v) is 4.99. The quantitative estimate of drug-likeness (QED) is 0.684. The van der Waals surface area contributed by atoms with E-state index in [9.17, 15) is 0 Å². The van der Waals surface area contributed by atoms with Crippen molar-refractivity contribution in [3.8, 4) is 0 Å². The molecule has 0 saturated heterocycles. The van der Waals surface area contributed by atoms with E-state index in [-0.39, 0.29) is 6.04 Å². The van der Waals surface area contributed by atoms with Gasteiger partial charge in [0.15, 0.2) is 0 Å². The average Bonchev–Trinajstić information content (AvgIpc) is 2.88. The van der Waals surface area contributed by atoms with E-state index in [2.05, 4.69) is 13.8 Å². The molecule has 0 aromatic heterocycles. The summed E-state index contributed by atoms with van der Waals surface area (Å²) in [5.41, 5.74) is 6.10. The molecular formula is C10H21NO. The molecule has 2 heteroatoms. The van der Waals surface area contributed by atoms with Crippen LogP contribution in [-0.4, -0.2) is 19.3 Å². The molecule has 0 spiro atoms. The highest BCUT2D eigenvalue weighted by Gasteiger charge is 2.36. The third-order valence-corrected chi connectivity index (χ3v) is 3.04. The van der Waals surface area contributed by atoms with Crippen molar-refractivity contribution in [2.45, 2.75) is 45.3 Å². The van der Waals surface area contributed by atoms with Gasteiger partial charge in [-0.25, -0.2) is 0 Å². The molecule has 0 radical (unpaired) electrons. The van der Waals surface area contributed by atoms with Crippen LogP contribution in [0.15, 0.2) is 0 Å². The summed E-state index contributed by atoms with van der Waals surface area (Å²) in [6.45, 7) is 4.39. The van der Waals surface area contributed by atoms with E-state index in [0.717, 1.165) is 12.3 Å².